The fourth-order valence-electron chi connectivity index (χ4n) is 7.00. The summed E-state index contributed by atoms with van der Waals surface area (Å²) in [4.78, 5) is 27.3. The van der Waals surface area contributed by atoms with E-state index in [1.165, 1.54) is 12.1 Å². The van der Waals surface area contributed by atoms with Crippen LogP contribution in [0.2, 0.25) is 0 Å². The molecule has 3 aliphatic rings. The van der Waals surface area contributed by atoms with Crippen LogP contribution in [0.4, 0.5) is 19.1 Å². The minimum absolute atomic E-state index is 0.0758. The summed E-state index contributed by atoms with van der Waals surface area (Å²) in [6, 6.07) is 8.12. The van der Waals surface area contributed by atoms with E-state index in [1.54, 1.807) is 36.8 Å². The highest BCUT2D eigenvalue weighted by molar-refractivity contribution is 5.72. The number of rotatable bonds is 6. The molecule has 1 saturated heterocycles. The van der Waals surface area contributed by atoms with E-state index < -0.39 is 18.4 Å². The number of carboxylic acids is 1. The van der Waals surface area contributed by atoms with Gasteiger partial charge in [-0.05, 0) is 43.6 Å². The number of aromatic nitrogens is 4. The van der Waals surface area contributed by atoms with Crippen LogP contribution in [-0.4, -0.2) is 50.1 Å². The number of ether oxygens (including phenoxy) is 1. The van der Waals surface area contributed by atoms with Gasteiger partial charge in [-0.2, -0.15) is 8.78 Å². The molecular weight excluding hydrogens is 523 g/mol. The number of imidazole rings is 1. The van der Waals surface area contributed by atoms with Crippen molar-refractivity contribution in [3.05, 3.63) is 71.7 Å². The Balaban J connectivity index is 1.21. The predicted octanol–water partition coefficient (Wildman–Crippen LogP) is 5.16. The van der Waals surface area contributed by atoms with E-state index in [1.807, 2.05) is 9.30 Å². The Bertz CT molecular complexity index is 1590. The quantitative estimate of drug-likeness (QED) is 0.355. The van der Waals surface area contributed by atoms with Crippen LogP contribution in [0.25, 0.3) is 16.8 Å². The monoisotopic (exact) mass is 549 g/mol. The SMILES string of the molecule is O=C(O)[C@@H]1[C@@H]2CC[C@H]1CN(c1ncc(-c3cn4c5c(nc4cc3F)CC[C@@H]5c3ccccc3OC(F)F)cn1)C2. The second kappa shape index (κ2) is 9.50. The van der Waals surface area contributed by atoms with Gasteiger partial charge in [-0.25, -0.2) is 19.3 Å². The van der Waals surface area contributed by atoms with Gasteiger partial charge < -0.3 is 19.1 Å². The number of halogens is 3. The number of carboxylic acid groups (broad SMARTS) is 1. The zero-order chi connectivity index (χ0) is 27.5. The van der Waals surface area contributed by atoms with Gasteiger partial charge in [0.15, 0.2) is 0 Å². The maximum atomic E-state index is 15.3. The lowest BCUT2D eigenvalue weighted by Gasteiger charge is -2.35. The predicted molar refractivity (Wildman–Crippen MR) is 139 cm³/mol. The topological polar surface area (TPSA) is 92.9 Å². The molecule has 1 aromatic carbocycles. The molecule has 4 atom stereocenters. The van der Waals surface area contributed by atoms with E-state index in [9.17, 15) is 18.7 Å². The van der Waals surface area contributed by atoms with Crippen LogP contribution in [0.15, 0.2) is 48.9 Å². The van der Waals surface area contributed by atoms with Gasteiger partial charge in [-0.15, -0.1) is 0 Å². The number of nitrogens with zero attached hydrogens (tertiary/aromatic N) is 5. The summed E-state index contributed by atoms with van der Waals surface area (Å²) >= 11 is 0. The number of benzene rings is 1. The van der Waals surface area contributed by atoms with Gasteiger partial charge in [0.2, 0.25) is 5.95 Å². The van der Waals surface area contributed by atoms with Gasteiger partial charge in [-0.3, -0.25) is 4.79 Å². The molecule has 1 N–H and O–H groups in total. The number of carbonyl (C=O) groups is 1. The van der Waals surface area contributed by atoms with Crippen LogP contribution in [0.1, 0.15) is 42.1 Å². The molecule has 1 saturated carbocycles. The average molecular weight is 550 g/mol. The molecule has 2 bridgehead atoms. The molecule has 8 nitrogen and oxygen atoms in total. The molecule has 4 aromatic rings. The van der Waals surface area contributed by atoms with Crippen molar-refractivity contribution < 1.29 is 27.8 Å². The molecule has 2 fully saturated rings. The van der Waals surface area contributed by atoms with Crippen molar-refractivity contribution >= 4 is 17.6 Å². The van der Waals surface area contributed by atoms with E-state index in [4.69, 9.17) is 4.74 Å². The van der Waals surface area contributed by atoms with Gasteiger partial charge in [0.05, 0.1) is 17.3 Å². The van der Waals surface area contributed by atoms with Crippen molar-refractivity contribution in [2.24, 2.45) is 17.8 Å². The van der Waals surface area contributed by atoms with Crippen molar-refractivity contribution in [3.63, 3.8) is 0 Å². The van der Waals surface area contributed by atoms with Crippen molar-refractivity contribution in [1.29, 1.82) is 0 Å². The lowest BCUT2D eigenvalue weighted by molar-refractivity contribution is -0.144. The number of para-hydroxylation sites is 1. The van der Waals surface area contributed by atoms with Crippen molar-refractivity contribution in [1.82, 2.24) is 19.4 Å². The Morgan fingerprint density at radius 3 is 2.50 bits per heavy atom. The van der Waals surface area contributed by atoms with Gasteiger partial charge in [0.1, 0.15) is 17.2 Å². The summed E-state index contributed by atoms with van der Waals surface area (Å²) in [5, 5.41) is 9.58. The van der Waals surface area contributed by atoms with E-state index in [2.05, 4.69) is 15.0 Å². The Kier molecular flexibility index (Phi) is 5.90. The second-order valence-corrected chi connectivity index (χ2v) is 10.9. The zero-order valence-electron chi connectivity index (χ0n) is 21.4. The fourth-order valence-corrected chi connectivity index (χ4v) is 7.00. The minimum Gasteiger partial charge on any atom is -0.481 e. The summed E-state index contributed by atoms with van der Waals surface area (Å²) in [7, 11) is 0. The summed E-state index contributed by atoms with van der Waals surface area (Å²) < 4.78 is 48.1. The van der Waals surface area contributed by atoms with Gasteiger partial charge in [0, 0.05) is 60.4 Å². The van der Waals surface area contributed by atoms with Crippen molar-refractivity contribution in [2.45, 2.75) is 38.2 Å². The summed E-state index contributed by atoms with van der Waals surface area (Å²) in [5.41, 5.74) is 3.51. The maximum Gasteiger partial charge on any atom is 0.387 e. The number of aliphatic carboxylic acids is 1. The molecule has 0 amide bonds. The third-order valence-corrected chi connectivity index (χ3v) is 8.68. The van der Waals surface area contributed by atoms with Crippen LogP contribution in [0, 0.1) is 23.6 Å². The maximum absolute atomic E-state index is 15.3. The van der Waals surface area contributed by atoms with Crippen LogP contribution in [0.3, 0.4) is 0 Å². The van der Waals surface area contributed by atoms with E-state index in [0.29, 0.717) is 54.2 Å². The molecule has 40 heavy (non-hydrogen) atoms. The third-order valence-electron chi connectivity index (χ3n) is 8.68. The highest BCUT2D eigenvalue weighted by Gasteiger charge is 2.46. The third kappa shape index (κ3) is 4.06. The number of fused-ring (bicyclic) bond motifs is 5. The normalized spacial score (nSPS) is 23.6. The molecule has 0 radical (unpaired) electrons. The summed E-state index contributed by atoms with van der Waals surface area (Å²) in [6.07, 6.45) is 7.92. The number of anilines is 1. The zero-order valence-corrected chi connectivity index (χ0v) is 21.4. The largest absolute Gasteiger partial charge is 0.481 e. The number of piperidine rings is 1. The lowest BCUT2D eigenvalue weighted by atomic mass is 9.85. The molecule has 4 heterocycles. The molecule has 3 aromatic heterocycles. The first kappa shape index (κ1) is 24.9. The molecule has 0 unspecified atom stereocenters. The second-order valence-electron chi connectivity index (χ2n) is 10.9. The van der Waals surface area contributed by atoms with Gasteiger partial charge in [0.25, 0.3) is 0 Å². The van der Waals surface area contributed by atoms with E-state index in [-0.39, 0.29) is 29.4 Å². The Morgan fingerprint density at radius 2 is 1.80 bits per heavy atom. The number of alkyl halides is 2. The molecule has 1 aliphatic heterocycles. The fraction of sp³-hybridized carbons (Fsp3) is 0.379. The van der Waals surface area contributed by atoms with Crippen LogP contribution in [-0.2, 0) is 11.2 Å². The first-order valence-corrected chi connectivity index (χ1v) is 13.4. The van der Waals surface area contributed by atoms with Crippen molar-refractivity contribution in [2.75, 3.05) is 18.0 Å². The first-order chi connectivity index (χ1) is 19.4. The highest BCUT2D eigenvalue weighted by Crippen LogP contribution is 2.44. The lowest BCUT2D eigenvalue weighted by Crippen LogP contribution is -2.45. The average Bonchev–Trinajstić information content (AvgIpc) is 3.58. The smallest absolute Gasteiger partial charge is 0.387 e. The number of aryl methyl sites for hydroxylation is 1. The van der Waals surface area contributed by atoms with Gasteiger partial charge >= 0.3 is 12.6 Å². The summed E-state index contributed by atoms with van der Waals surface area (Å²) in [6.45, 7) is -1.76. The number of pyridine rings is 1. The molecule has 7 rings (SSSR count). The first-order valence-electron chi connectivity index (χ1n) is 13.4. The Labute approximate surface area is 227 Å². The number of hydrogen-bond acceptors (Lipinski definition) is 6. The van der Waals surface area contributed by atoms with Crippen LogP contribution >= 0.6 is 0 Å². The van der Waals surface area contributed by atoms with Crippen LogP contribution in [0.5, 0.6) is 5.75 Å². The standard InChI is InChI=1S/C29H26F3N5O3/c30-21-9-24-35-22-8-7-19(18-3-1-2-4-23(18)40-28(31)32)26(22)37(24)14-20(21)17-10-33-29(34-11-17)36-12-15-5-6-16(13-36)25(15)27(38)39/h1-4,9-11,14-16,19,25,28H,5-8,12-13H2,(H,38,39)/t15-,16+,19-,25-/m1/s1. The summed E-state index contributed by atoms with van der Waals surface area (Å²) in [5.74, 6) is -0.966. The van der Waals surface area contributed by atoms with E-state index >= 15 is 4.39 Å². The number of hydrogen-bond donors (Lipinski definition) is 1. The van der Waals surface area contributed by atoms with E-state index in [0.717, 1.165) is 24.2 Å². The minimum atomic E-state index is -2.94. The molecule has 206 valence electrons. The molecular formula is C29H26F3N5O3. The van der Waals surface area contributed by atoms with Crippen LogP contribution < -0.4 is 9.64 Å². The molecule has 2 aliphatic carbocycles. The van der Waals surface area contributed by atoms with Crippen molar-refractivity contribution in [3.8, 4) is 16.9 Å². The molecule has 0 spiro atoms. The Hall–Kier alpha value is -4.15. The Morgan fingerprint density at radius 1 is 1.07 bits per heavy atom. The van der Waals surface area contributed by atoms with Gasteiger partial charge in [-0.1, -0.05) is 18.2 Å². The molecule has 11 heteroatoms. The highest BCUT2D eigenvalue weighted by atomic mass is 19.3.